The molecule has 2 N–H and O–H groups in total. The number of aromatic nitrogens is 1. The fourth-order valence-electron chi connectivity index (χ4n) is 1.65. The first-order valence-electron chi connectivity index (χ1n) is 5.42. The lowest BCUT2D eigenvalue weighted by molar-refractivity contribution is 0.0996. The second-order valence-corrected chi connectivity index (χ2v) is 5.18. The zero-order valence-electron chi connectivity index (χ0n) is 9.93. The normalized spacial score (nSPS) is 14.8. The van der Waals surface area contributed by atoms with Gasteiger partial charge >= 0.3 is 0 Å². The van der Waals surface area contributed by atoms with Gasteiger partial charge in [0.2, 0.25) is 0 Å². The minimum Gasteiger partial charge on any atom is -0.387 e. The van der Waals surface area contributed by atoms with Gasteiger partial charge in [0.05, 0.1) is 11.0 Å². The highest BCUT2D eigenvalue weighted by Gasteiger charge is 2.20. The molecule has 1 atom stereocenters. The van der Waals surface area contributed by atoms with E-state index in [0.717, 1.165) is 11.0 Å². The highest BCUT2D eigenvalue weighted by Crippen LogP contribution is 2.22. The maximum absolute atomic E-state index is 10.0. The molecular weight excluding hydrogens is 236 g/mol. The van der Waals surface area contributed by atoms with Crippen molar-refractivity contribution in [2.45, 2.75) is 12.5 Å². The zero-order chi connectivity index (χ0) is 12.3. The van der Waals surface area contributed by atoms with Crippen molar-refractivity contribution in [3.05, 3.63) is 24.3 Å². The molecule has 0 aliphatic rings. The van der Waals surface area contributed by atoms with Crippen LogP contribution in [0.4, 0.5) is 5.82 Å². The van der Waals surface area contributed by atoms with Gasteiger partial charge < -0.3 is 14.9 Å². The fourth-order valence-corrected chi connectivity index (χ4v) is 2.37. The van der Waals surface area contributed by atoms with Crippen molar-refractivity contribution in [3.63, 3.8) is 0 Å². The molecule has 0 radical (unpaired) electrons. The van der Waals surface area contributed by atoms with Crippen molar-refractivity contribution < 1.29 is 9.63 Å². The fraction of sp³-hybridized carbons (Fsp3) is 0.417. The van der Waals surface area contributed by atoms with Gasteiger partial charge in [0.15, 0.2) is 11.4 Å². The maximum Gasteiger partial charge on any atom is 0.177 e. The summed E-state index contributed by atoms with van der Waals surface area (Å²) in [4.78, 5) is 0. The number of hydrogen-bond donors (Lipinski definition) is 2. The molecule has 0 amide bonds. The van der Waals surface area contributed by atoms with Gasteiger partial charge in [0, 0.05) is 12.3 Å². The third-order valence-electron chi connectivity index (χ3n) is 2.47. The van der Waals surface area contributed by atoms with Crippen LogP contribution in [0.15, 0.2) is 28.8 Å². The van der Waals surface area contributed by atoms with Crippen molar-refractivity contribution >= 4 is 28.5 Å². The summed E-state index contributed by atoms with van der Waals surface area (Å²) in [7, 11) is 0. The Morgan fingerprint density at radius 1 is 1.47 bits per heavy atom. The molecule has 4 nitrogen and oxygen atoms in total. The van der Waals surface area contributed by atoms with Crippen LogP contribution in [0.25, 0.3) is 11.0 Å². The molecule has 2 aromatic rings. The number of hydrogen-bond acceptors (Lipinski definition) is 5. The molecule has 0 fully saturated rings. The highest BCUT2D eigenvalue weighted by atomic mass is 32.2. The molecule has 0 aliphatic carbocycles. The molecule has 1 unspecified atom stereocenters. The van der Waals surface area contributed by atoms with Gasteiger partial charge in [-0.2, -0.15) is 11.8 Å². The number of benzene rings is 1. The van der Waals surface area contributed by atoms with Crippen molar-refractivity contribution in [1.82, 2.24) is 5.16 Å². The smallest absolute Gasteiger partial charge is 0.177 e. The van der Waals surface area contributed by atoms with E-state index in [9.17, 15) is 5.11 Å². The SMILES string of the molecule is CSCC(C)(O)CNc1noc2ccccc12. The van der Waals surface area contributed by atoms with E-state index in [4.69, 9.17) is 4.52 Å². The quantitative estimate of drug-likeness (QED) is 0.855. The van der Waals surface area contributed by atoms with E-state index in [2.05, 4.69) is 10.5 Å². The summed E-state index contributed by atoms with van der Waals surface area (Å²) in [6, 6.07) is 7.65. The Morgan fingerprint density at radius 3 is 3.00 bits per heavy atom. The van der Waals surface area contributed by atoms with E-state index in [-0.39, 0.29) is 0 Å². The molecule has 1 heterocycles. The minimum absolute atomic E-state index is 0.449. The van der Waals surface area contributed by atoms with Crippen LogP contribution in [0.2, 0.25) is 0 Å². The standard InChI is InChI=1S/C12H16N2O2S/c1-12(15,8-17-2)7-13-11-9-5-3-4-6-10(9)16-14-11/h3-6,15H,7-8H2,1-2H3,(H,13,14). The predicted molar refractivity (Wildman–Crippen MR) is 71.5 cm³/mol. The number of nitrogens with zero attached hydrogens (tertiary/aromatic N) is 1. The van der Waals surface area contributed by atoms with Gasteiger partial charge in [-0.1, -0.05) is 17.3 Å². The number of anilines is 1. The number of thioether (sulfide) groups is 1. The first kappa shape index (κ1) is 12.3. The van der Waals surface area contributed by atoms with Gasteiger partial charge in [-0.25, -0.2) is 0 Å². The van der Waals surface area contributed by atoms with Gasteiger partial charge in [0.1, 0.15) is 0 Å². The van der Waals surface area contributed by atoms with E-state index in [1.165, 1.54) is 0 Å². The average molecular weight is 252 g/mol. The molecule has 1 aromatic carbocycles. The van der Waals surface area contributed by atoms with E-state index < -0.39 is 5.60 Å². The zero-order valence-corrected chi connectivity index (χ0v) is 10.8. The first-order chi connectivity index (χ1) is 8.12. The van der Waals surface area contributed by atoms with E-state index in [1.807, 2.05) is 30.5 Å². The summed E-state index contributed by atoms with van der Waals surface area (Å²) in [5, 5.41) is 18.1. The molecule has 0 saturated heterocycles. The third kappa shape index (κ3) is 2.92. The average Bonchev–Trinajstić information content (AvgIpc) is 2.70. The number of para-hydroxylation sites is 1. The molecule has 5 heteroatoms. The van der Waals surface area contributed by atoms with Crippen molar-refractivity contribution in [2.75, 3.05) is 23.9 Å². The Balaban J connectivity index is 2.09. The minimum atomic E-state index is -0.751. The summed E-state index contributed by atoms with van der Waals surface area (Å²) in [5.41, 5.74) is -0.000980. The summed E-state index contributed by atoms with van der Waals surface area (Å²) in [5.74, 6) is 1.36. The van der Waals surface area contributed by atoms with Crippen molar-refractivity contribution in [1.29, 1.82) is 0 Å². The lowest BCUT2D eigenvalue weighted by atomic mass is 10.1. The van der Waals surface area contributed by atoms with E-state index in [1.54, 1.807) is 18.7 Å². The van der Waals surface area contributed by atoms with Gasteiger partial charge in [-0.15, -0.1) is 0 Å². The van der Waals surface area contributed by atoms with Gasteiger partial charge in [0.25, 0.3) is 0 Å². The number of aliphatic hydroxyl groups is 1. The molecule has 0 saturated carbocycles. The van der Waals surface area contributed by atoms with E-state index in [0.29, 0.717) is 18.1 Å². The number of fused-ring (bicyclic) bond motifs is 1. The Morgan fingerprint density at radius 2 is 2.24 bits per heavy atom. The first-order valence-corrected chi connectivity index (χ1v) is 6.81. The Bertz CT molecular complexity index is 496. The van der Waals surface area contributed by atoms with Crippen LogP contribution in [0.3, 0.4) is 0 Å². The van der Waals surface area contributed by atoms with Crippen LogP contribution < -0.4 is 5.32 Å². The molecule has 0 aliphatic heterocycles. The molecule has 0 bridgehead atoms. The molecule has 92 valence electrons. The van der Waals surface area contributed by atoms with Crippen molar-refractivity contribution in [2.24, 2.45) is 0 Å². The Labute approximate surface area is 104 Å². The Hall–Kier alpha value is -1.20. The van der Waals surface area contributed by atoms with Crippen LogP contribution in [-0.2, 0) is 0 Å². The summed E-state index contributed by atoms with van der Waals surface area (Å²) in [6.45, 7) is 2.25. The predicted octanol–water partition coefficient (Wildman–Crippen LogP) is 2.35. The maximum atomic E-state index is 10.0. The van der Waals surface area contributed by atoms with Crippen LogP contribution in [-0.4, -0.2) is 34.4 Å². The lowest BCUT2D eigenvalue weighted by Gasteiger charge is -2.22. The van der Waals surface area contributed by atoms with Crippen LogP contribution in [0.1, 0.15) is 6.92 Å². The van der Waals surface area contributed by atoms with Crippen LogP contribution in [0.5, 0.6) is 0 Å². The van der Waals surface area contributed by atoms with Crippen LogP contribution >= 0.6 is 11.8 Å². The largest absolute Gasteiger partial charge is 0.387 e. The van der Waals surface area contributed by atoms with Crippen LogP contribution in [0, 0.1) is 0 Å². The number of nitrogens with one attached hydrogen (secondary N) is 1. The van der Waals surface area contributed by atoms with Crippen molar-refractivity contribution in [3.8, 4) is 0 Å². The van der Waals surface area contributed by atoms with E-state index >= 15 is 0 Å². The van der Waals surface area contributed by atoms with Gasteiger partial charge in [-0.3, -0.25) is 0 Å². The Kier molecular flexibility index (Phi) is 3.59. The number of rotatable bonds is 5. The molecule has 0 spiro atoms. The molecule has 1 aromatic heterocycles. The highest BCUT2D eigenvalue weighted by molar-refractivity contribution is 7.98. The monoisotopic (exact) mass is 252 g/mol. The molecule has 2 rings (SSSR count). The van der Waals surface area contributed by atoms with Gasteiger partial charge in [-0.05, 0) is 25.3 Å². The second-order valence-electron chi connectivity index (χ2n) is 4.31. The third-order valence-corrected chi connectivity index (χ3v) is 3.38. The molecular formula is C12H16N2O2S. The summed E-state index contributed by atoms with van der Waals surface area (Å²) < 4.78 is 5.17. The molecule has 17 heavy (non-hydrogen) atoms. The lowest BCUT2D eigenvalue weighted by Crippen LogP contribution is -2.36. The second kappa shape index (κ2) is 4.98. The summed E-state index contributed by atoms with van der Waals surface area (Å²) in [6.07, 6.45) is 1.97. The summed E-state index contributed by atoms with van der Waals surface area (Å²) >= 11 is 1.62. The topological polar surface area (TPSA) is 58.3 Å².